The lowest BCUT2D eigenvalue weighted by atomic mass is 10.2. The molecule has 0 saturated carbocycles. The molecule has 25 heavy (non-hydrogen) atoms. The molecular formula is C17H10Cl2N4O2. The van der Waals surface area contributed by atoms with E-state index in [1.54, 1.807) is 42.7 Å². The van der Waals surface area contributed by atoms with E-state index >= 15 is 0 Å². The van der Waals surface area contributed by atoms with Crippen molar-refractivity contribution in [3.63, 3.8) is 0 Å². The van der Waals surface area contributed by atoms with Gasteiger partial charge in [0.15, 0.2) is 11.4 Å². The fourth-order valence-electron chi connectivity index (χ4n) is 2.45. The molecule has 0 radical (unpaired) electrons. The molecule has 6 nitrogen and oxygen atoms in total. The largest absolute Gasteiger partial charge is 0.476 e. The maximum absolute atomic E-state index is 11.7. The number of carboxylic acids is 1. The molecule has 3 rings (SSSR count). The monoisotopic (exact) mass is 372 g/mol. The number of carbonyl (C=O) groups is 1. The molecule has 3 aromatic rings. The van der Waals surface area contributed by atoms with Crippen LogP contribution in [0, 0.1) is 11.3 Å². The maximum Gasteiger partial charge on any atom is 0.355 e. The Hall–Kier alpha value is -2.88. The van der Waals surface area contributed by atoms with Crippen molar-refractivity contribution in [1.82, 2.24) is 14.5 Å². The SMILES string of the molecule is N#Cc1nc(-c2cccnc2)n(Cc2cc(Cl)ccc2Cl)c1C(=O)O. The predicted octanol–water partition coefficient (Wildman–Crippen LogP) is 3.87. The summed E-state index contributed by atoms with van der Waals surface area (Å²) in [5.74, 6) is -0.935. The average Bonchev–Trinajstić information content (AvgIpc) is 2.97. The third-order valence-electron chi connectivity index (χ3n) is 3.53. The number of benzene rings is 1. The zero-order valence-electron chi connectivity index (χ0n) is 12.6. The van der Waals surface area contributed by atoms with Gasteiger partial charge in [-0.25, -0.2) is 9.78 Å². The third kappa shape index (κ3) is 3.33. The van der Waals surface area contributed by atoms with Gasteiger partial charge >= 0.3 is 5.97 Å². The van der Waals surface area contributed by atoms with E-state index < -0.39 is 5.97 Å². The highest BCUT2D eigenvalue weighted by molar-refractivity contribution is 6.33. The summed E-state index contributed by atoms with van der Waals surface area (Å²) in [6.45, 7) is 0.0972. The van der Waals surface area contributed by atoms with Crippen molar-refractivity contribution in [3.8, 4) is 17.5 Å². The molecule has 0 unspecified atom stereocenters. The van der Waals surface area contributed by atoms with Gasteiger partial charge in [0.25, 0.3) is 0 Å². The number of hydrogen-bond donors (Lipinski definition) is 1. The van der Waals surface area contributed by atoms with E-state index in [2.05, 4.69) is 9.97 Å². The van der Waals surface area contributed by atoms with E-state index in [1.165, 1.54) is 4.57 Å². The Balaban J connectivity index is 2.22. The van der Waals surface area contributed by atoms with Gasteiger partial charge in [0.05, 0.1) is 6.54 Å². The van der Waals surface area contributed by atoms with Gasteiger partial charge in [-0.15, -0.1) is 0 Å². The molecular weight excluding hydrogens is 363 g/mol. The minimum Gasteiger partial charge on any atom is -0.476 e. The van der Waals surface area contributed by atoms with Crippen LogP contribution in [0.2, 0.25) is 10.0 Å². The Morgan fingerprint density at radius 2 is 2.12 bits per heavy atom. The first-order chi connectivity index (χ1) is 12.0. The van der Waals surface area contributed by atoms with Crippen molar-refractivity contribution in [2.75, 3.05) is 0 Å². The Bertz CT molecular complexity index is 994. The Labute approximate surface area is 152 Å². The van der Waals surface area contributed by atoms with Crippen molar-refractivity contribution >= 4 is 29.2 Å². The second-order valence-corrected chi connectivity index (χ2v) is 5.96. The van der Waals surface area contributed by atoms with Crippen molar-refractivity contribution < 1.29 is 9.90 Å². The van der Waals surface area contributed by atoms with Crippen LogP contribution < -0.4 is 0 Å². The summed E-state index contributed by atoms with van der Waals surface area (Å²) >= 11 is 12.2. The summed E-state index contributed by atoms with van der Waals surface area (Å²) in [6, 6.07) is 10.2. The molecule has 0 aliphatic carbocycles. The summed E-state index contributed by atoms with van der Waals surface area (Å²) in [5, 5.41) is 19.7. The van der Waals surface area contributed by atoms with E-state index in [9.17, 15) is 15.2 Å². The van der Waals surface area contributed by atoms with Crippen molar-refractivity contribution in [2.45, 2.75) is 6.54 Å². The van der Waals surface area contributed by atoms with Gasteiger partial charge in [-0.2, -0.15) is 5.26 Å². The predicted molar refractivity (Wildman–Crippen MR) is 92.7 cm³/mol. The van der Waals surface area contributed by atoms with E-state index in [0.29, 0.717) is 27.0 Å². The molecule has 124 valence electrons. The van der Waals surface area contributed by atoms with Crippen LogP contribution in [0.5, 0.6) is 0 Å². The number of carboxylic acid groups (broad SMARTS) is 1. The third-order valence-corrected chi connectivity index (χ3v) is 4.14. The molecule has 2 aromatic heterocycles. The van der Waals surface area contributed by atoms with Crippen LogP contribution in [0.3, 0.4) is 0 Å². The zero-order chi connectivity index (χ0) is 18.0. The Morgan fingerprint density at radius 1 is 1.32 bits per heavy atom. The molecule has 0 aliphatic rings. The fourth-order valence-corrected chi connectivity index (χ4v) is 2.82. The maximum atomic E-state index is 11.7. The van der Waals surface area contributed by atoms with Crippen LogP contribution in [0.4, 0.5) is 0 Å². The fraction of sp³-hybridized carbons (Fsp3) is 0.0588. The lowest BCUT2D eigenvalue weighted by Crippen LogP contribution is -2.12. The van der Waals surface area contributed by atoms with Gasteiger partial charge < -0.3 is 9.67 Å². The van der Waals surface area contributed by atoms with E-state index in [1.807, 2.05) is 6.07 Å². The van der Waals surface area contributed by atoms with Gasteiger partial charge in [-0.1, -0.05) is 23.2 Å². The number of hydrogen-bond acceptors (Lipinski definition) is 4. The number of imidazole rings is 1. The minimum absolute atomic E-state index is 0.0972. The average molecular weight is 373 g/mol. The topological polar surface area (TPSA) is 91.8 Å². The molecule has 0 atom stereocenters. The second-order valence-electron chi connectivity index (χ2n) is 5.11. The highest BCUT2D eigenvalue weighted by atomic mass is 35.5. The molecule has 1 N–H and O–H groups in total. The molecule has 0 spiro atoms. The van der Waals surface area contributed by atoms with Crippen LogP contribution >= 0.6 is 23.2 Å². The lowest BCUT2D eigenvalue weighted by molar-refractivity contribution is 0.0685. The number of nitriles is 1. The molecule has 0 aliphatic heterocycles. The highest BCUT2D eigenvalue weighted by Crippen LogP contribution is 2.27. The molecule has 0 saturated heterocycles. The number of nitrogens with zero attached hydrogens (tertiary/aromatic N) is 4. The second kappa shape index (κ2) is 6.93. The minimum atomic E-state index is -1.25. The summed E-state index contributed by atoms with van der Waals surface area (Å²) in [7, 11) is 0. The summed E-state index contributed by atoms with van der Waals surface area (Å²) < 4.78 is 1.43. The number of aromatic nitrogens is 3. The number of rotatable bonds is 4. The van der Waals surface area contributed by atoms with Gasteiger partial charge in [-0.3, -0.25) is 4.98 Å². The molecule has 0 bridgehead atoms. The van der Waals surface area contributed by atoms with Crippen LogP contribution in [-0.4, -0.2) is 25.6 Å². The first kappa shape index (κ1) is 17.0. The van der Waals surface area contributed by atoms with Gasteiger partial charge in [0.1, 0.15) is 11.9 Å². The van der Waals surface area contributed by atoms with E-state index in [-0.39, 0.29) is 17.9 Å². The lowest BCUT2D eigenvalue weighted by Gasteiger charge is -2.12. The first-order valence-electron chi connectivity index (χ1n) is 7.09. The number of halogens is 2. The van der Waals surface area contributed by atoms with E-state index in [4.69, 9.17) is 23.2 Å². The smallest absolute Gasteiger partial charge is 0.355 e. The number of pyridine rings is 1. The highest BCUT2D eigenvalue weighted by Gasteiger charge is 2.24. The van der Waals surface area contributed by atoms with Crippen molar-refractivity contribution in [1.29, 1.82) is 5.26 Å². The van der Waals surface area contributed by atoms with Crippen LogP contribution in [-0.2, 0) is 6.54 Å². The van der Waals surface area contributed by atoms with Gasteiger partial charge in [0.2, 0.25) is 0 Å². The van der Waals surface area contributed by atoms with E-state index in [0.717, 1.165) is 0 Å². The van der Waals surface area contributed by atoms with Crippen molar-refractivity contribution in [2.24, 2.45) is 0 Å². The van der Waals surface area contributed by atoms with Gasteiger partial charge in [-0.05, 0) is 35.9 Å². The van der Waals surface area contributed by atoms with Gasteiger partial charge in [0, 0.05) is 28.0 Å². The Kier molecular flexibility index (Phi) is 4.70. The molecule has 1 aromatic carbocycles. The summed E-state index contributed by atoms with van der Waals surface area (Å²) in [5.41, 5.74) is 0.815. The molecule has 0 amide bonds. The zero-order valence-corrected chi connectivity index (χ0v) is 14.2. The summed E-state index contributed by atoms with van der Waals surface area (Å²) in [4.78, 5) is 19.9. The molecule has 2 heterocycles. The first-order valence-corrected chi connectivity index (χ1v) is 7.85. The normalized spacial score (nSPS) is 10.4. The standard InChI is InChI=1S/C17H10Cl2N4O2/c18-12-3-4-13(19)11(6-12)9-23-15(17(24)25)14(7-20)22-16(23)10-2-1-5-21-8-10/h1-6,8H,9H2,(H,24,25). The number of aromatic carboxylic acids is 1. The van der Waals surface area contributed by atoms with Crippen LogP contribution in [0.15, 0.2) is 42.7 Å². The Morgan fingerprint density at radius 3 is 2.76 bits per heavy atom. The van der Waals surface area contributed by atoms with Crippen LogP contribution in [0.1, 0.15) is 21.7 Å². The quantitative estimate of drug-likeness (QED) is 0.750. The van der Waals surface area contributed by atoms with Crippen molar-refractivity contribution in [3.05, 3.63) is 69.7 Å². The summed E-state index contributed by atoms with van der Waals surface area (Å²) in [6.07, 6.45) is 3.14. The molecule has 0 fully saturated rings. The van der Waals surface area contributed by atoms with Crippen LogP contribution in [0.25, 0.3) is 11.4 Å². The molecule has 8 heteroatoms.